The summed E-state index contributed by atoms with van der Waals surface area (Å²) in [5, 5.41) is 15.9. The molecule has 0 aliphatic rings. The van der Waals surface area contributed by atoms with Gasteiger partial charge in [0.1, 0.15) is 0 Å². The number of fused-ring (bicyclic) bond motifs is 1. The van der Waals surface area contributed by atoms with Crippen LogP contribution in [0.25, 0.3) is 10.8 Å². The summed E-state index contributed by atoms with van der Waals surface area (Å²) in [6.07, 6.45) is 0. The summed E-state index contributed by atoms with van der Waals surface area (Å²) in [5.41, 5.74) is 0.132. The highest BCUT2D eigenvalue weighted by molar-refractivity contribution is 6.42. The van der Waals surface area contributed by atoms with Gasteiger partial charge < -0.3 is 15.2 Å². The Balaban J connectivity index is 2.04. The molecule has 4 nitrogen and oxygen atoms in total. The van der Waals surface area contributed by atoms with Gasteiger partial charge in [-0.3, -0.25) is 4.79 Å². The molecule has 6 heteroatoms. The van der Waals surface area contributed by atoms with E-state index in [4.69, 9.17) is 23.2 Å². The third-order valence-electron chi connectivity index (χ3n) is 3.56. The predicted octanol–water partition coefficient (Wildman–Crippen LogP) is 3.76. The van der Waals surface area contributed by atoms with E-state index >= 15 is 0 Å². The molecule has 1 amide bonds. The number of nitrogens with one attached hydrogen (secondary N) is 1. The minimum Gasteiger partial charge on any atom is -0.545 e. The second-order valence-electron chi connectivity index (χ2n) is 5.08. The monoisotopic (exact) mass is 358 g/mol. The minimum atomic E-state index is -1.50. The minimum absolute atomic E-state index is 0.0394. The van der Waals surface area contributed by atoms with Gasteiger partial charge in [-0.2, -0.15) is 0 Å². The fourth-order valence-electron chi connectivity index (χ4n) is 2.43. The molecule has 3 rings (SSSR count). The maximum Gasteiger partial charge on any atom is 0.256 e. The van der Waals surface area contributed by atoms with Gasteiger partial charge in [0.15, 0.2) is 0 Å². The van der Waals surface area contributed by atoms with E-state index in [1.807, 2.05) is 30.3 Å². The molecule has 0 heterocycles. The van der Waals surface area contributed by atoms with Crippen molar-refractivity contribution in [2.24, 2.45) is 0 Å². The lowest BCUT2D eigenvalue weighted by atomic mass is 10.1. The van der Waals surface area contributed by atoms with E-state index in [9.17, 15) is 14.7 Å². The normalized spacial score (nSPS) is 10.6. The largest absolute Gasteiger partial charge is 0.545 e. The molecule has 0 bridgehead atoms. The number of carboxylic acid groups (broad SMARTS) is 1. The molecule has 0 unspecified atom stereocenters. The Morgan fingerprint density at radius 2 is 1.50 bits per heavy atom. The van der Waals surface area contributed by atoms with Gasteiger partial charge in [0, 0.05) is 16.6 Å². The lowest BCUT2D eigenvalue weighted by molar-refractivity contribution is -0.255. The highest BCUT2D eigenvalue weighted by atomic mass is 35.5. The summed E-state index contributed by atoms with van der Waals surface area (Å²) in [6, 6.07) is 15.3. The van der Waals surface area contributed by atoms with Crippen LogP contribution in [0.4, 0.5) is 5.69 Å². The fourth-order valence-corrected chi connectivity index (χ4v) is 2.75. The van der Waals surface area contributed by atoms with Gasteiger partial charge in [0.05, 0.1) is 21.6 Å². The Labute approximate surface area is 147 Å². The van der Waals surface area contributed by atoms with Crippen molar-refractivity contribution >= 4 is 51.5 Å². The Kier molecular flexibility index (Phi) is 4.42. The van der Waals surface area contributed by atoms with E-state index in [0.717, 1.165) is 16.8 Å². The summed E-state index contributed by atoms with van der Waals surface area (Å²) in [6.45, 7) is 0. The van der Waals surface area contributed by atoms with Crippen molar-refractivity contribution in [3.05, 3.63) is 75.8 Å². The van der Waals surface area contributed by atoms with Crippen LogP contribution in [0.15, 0.2) is 54.6 Å². The van der Waals surface area contributed by atoms with Crippen molar-refractivity contribution in [2.45, 2.75) is 0 Å². The predicted molar refractivity (Wildman–Crippen MR) is 92.7 cm³/mol. The molecule has 0 fully saturated rings. The average molecular weight is 359 g/mol. The zero-order valence-corrected chi connectivity index (χ0v) is 13.7. The SMILES string of the molecule is O=C([O-])c1cc(Cl)c(Cl)cc1C(=O)Nc1cccc2ccccc12. The van der Waals surface area contributed by atoms with E-state index in [1.165, 1.54) is 6.07 Å². The molecule has 0 aromatic heterocycles. The first kappa shape index (κ1) is 16.3. The van der Waals surface area contributed by atoms with E-state index in [0.29, 0.717) is 5.69 Å². The summed E-state index contributed by atoms with van der Waals surface area (Å²) < 4.78 is 0. The van der Waals surface area contributed by atoms with Crippen molar-refractivity contribution in [1.29, 1.82) is 0 Å². The summed E-state index contributed by atoms with van der Waals surface area (Å²) in [5.74, 6) is -2.11. The summed E-state index contributed by atoms with van der Waals surface area (Å²) in [7, 11) is 0. The van der Waals surface area contributed by atoms with E-state index in [-0.39, 0.29) is 21.2 Å². The van der Waals surface area contributed by atoms with Crippen LogP contribution >= 0.6 is 23.2 Å². The van der Waals surface area contributed by atoms with Crippen LogP contribution < -0.4 is 10.4 Å². The Morgan fingerprint density at radius 3 is 2.21 bits per heavy atom. The van der Waals surface area contributed by atoms with Crippen LogP contribution in [-0.2, 0) is 0 Å². The van der Waals surface area contributed by atoms with Gasteiger partial charge >= 0.3 is 0 Å². The molecule has 3 aromatic carbocycles. The second kappa shape index (κ2) is 6.51. The molecule has 0 saturated carbocycles. The number of carboxylic acids is 1. The van der Waals surface area contributed by atoms with Crippen LogP contribution in [0.5, 0.6) is 0 Å². The Bertz CT molecular complexity index is 964. The number of carbonyl (C=O) groups excluding carboxylic acids is 2. The Hall–Kier alpha value is -2.56. The number of carbonyl (C=O) groups is 2. The topological polar surface area (TPSA) is 69.2 Å². The molecule has 120 valence electrons. The number of halogens is 2. The van der Waals surface area contributed by atoms with Crippen molar-refractivity contribution in [3.63, 3.8) is 0 Å². The number of anilines is 1. The summed E-state index contributed by atoms with van der Waals surface area (Å²) in [4.78, 5) is 23.8. The highest BCUT2D eigenvalue weighted by Gasteiger charge is 2.16. The standard InChI is InChI=1S/C18H11Cl2NO3/c19-14-8-12(13(18(23)24)9-15(14)20)17(22)21-16-7-3-5-10-4-1-2-6-11(10)16/h1-9H,(H,21,22)(H,23,24)/p-1. The maximum atomic E-state index is 12.5. The van der Waals surface area contributed by atoms with Crippen LogP contribution in [0.2, 0.25) is 10.0 Å². The third-order valence-corrected chi connectivity index (χ3v) is 4.28. The van der Waals surface area contributed by atoms with Crippen molar-refractivity contribution < 1.29 is 14.7 Å². The van der Waals surface area contributed by atoms with Crippen molar-refractivity contribution in [1.82, 2.24) is 0 Å². The first-order valence-electron chi connectivity index (χ1n) is 6.97. The first-order valence-corrected chi connectivity index (χ1v) is 7.72. The van der Waals surface area contributed by atoms with Gasteiger partial charge in [-0.15, -0.1) is 0 Å². The molecule has 0 atom stereocenters. The molecule has 0 saturated heterocycles. The molecule has 0 aliphatic heterocycles. The number of benzene rings is 3. The number of rotatable bonds is 3. The molecule has 0 spiro atoms. The van der Waals surface area contributed by atoms with Gasteiger partial charge in [-0.25, -0.2) is 0 Å². The Morgan fingerprint density at radius 1 is 0.875 bits per heavy atom. The van der Waals surface area contributed by atoms with E-state index in [2.05, 4.69) is 5.32 Å². The molecule has 24 heavy (non-hydrogen) atoms. The van der Waals surface area contributed by atoms with Crippen LogP contribution in [0.3, 0.4) is 0 Å². The number of aromatic carboxylic acids is 1. The van der Waals surface area contributed by atoms with Gasteiger partial charge in [-0.1, -0.05) is 59.6 Å². The molecule has 0 aliphatic carbocycles. The second-order valence-corrected chi connectivity index (χ2v) is 5.89. The molecule has 3 aromatic rings. The zero-order valence-electron chi connectivity index (χ0n) is 12.2. The quantitative estimate of drug-likeness (QED) is 0.774. The first-order chi connectivity index (χ1) is 11.5. The molecular formula is C18H10Cl2NO3-. The molecule has 0 radical (unpaired) electrons. The number of hydrogen-bond acceptors (Lipinski definition) is 3. The lowest BCUT2D eigenvalue weighted by Crippen LogP contribution is -2.26. The zero-order chi connectivity index (χ0) is 17.3. The fraction of sp³-hybridized carbons (Fsp3) is 0. The smallest absolute Gasteiger partial charge is 0.256 e. The van der Waals surface area contributed by atoms with E-state index in [1.54, 1.807) is 12.1 Å². The maximum absolute atomic E-state index is 12.5. The van der Waals surface area contributed by atoms with Gasteiger partial charge in [0.25, 0.3) is 5.91 Å². The molecule has 1 N–H and O–H groups in total. The van der Waals surface area contributed by atoms with Crippen LogP contribution in [-0.4, -0.2) is 11.9 Å². The molecular weight excluding hydrogens is 349 g/mol. The van der Waals surface area contributed by atoms with Crippen molar-refractivity contribution in [2.75, 3.05) is 5.32 Å². The number of hydrogen-bond donors (Lipinski definition) is 1. The van der Waals surface area contributed by atoms with Gasteiger partial charge in [0.2, 0.25) is 0 Å². The van der Waals surface area contributed by atoms with Gasteiger partial charge in [-0.05, 0) is 23.6 Å². The van der Waals surface area contributed by atoms with Crippen LogP contribution in [0, 0.1) is 0 Å². The lowest BCUT2D eigenvalue weighted by Gasteiger charge is -2.13. The number of amides is 1. The van der Waals surface area contributed by atoms with Crippen molar-refractivity contribution in [3.8, 4) is 0 Å². The van der Waals surface area contributed by atoms with E-state index < -0.39 is 11.9 Å². The third kappa shape index (κ3) is 3.07. The average Bonchev–Trinajstić information content (AvgIpc) is 2.57. The summed E-state index contributed by atoms with van der Waals surface area (Å²) >= 11 is 11.7. The van der Waals surface area contributed by atoms with Crippen LogP contribution in [0.1, 0.15) is 20.7 Å². The highest BCUT2D eigenvalue weighted by Crippen LogP contribution is 2.28.